The molecule has 2 aromatic rings. The number of nitrogens with one attached hydrogen (secondary N) is 2. The molecule has 0 spiro atoms. The molecule has 0 saturated heterocycles. The van der Waals surface area contributed by atoms with Crippen molar-refractivity contribution < 1.29 is 9.53 Å². The van der Waals surface area contributed by atoms with Crippen LogP contribution in [-0.2, 0) is 4.79 Å². The lowest BCUT2D eigenvalue weighted by atomic mass is 10.1. The third kappa shape index (κ3) is 3.42. The number of ether oxygens (including phenoxy) is 1. The van der Waals surface area contributed by atoms with E-state index < -0.39 is 0 Å². The molecule has 21 heavy (non-hydrogen) atoms. The van der Waals surface area contributed by atoms with E-state index in [9.17, 15) is 4.79 Å². The van der Waals surface area contributed by atoms with Gasteiger partial charge in [-0.3, -0.25) is 4.79 Å². The Morgan fingerprint density at radius 3 is 2.62 bits per heavy atom. The summed E-state index contributed by atoms with van der Waals surface area (Å²) in [5.41, 5.74) is 0. The molecular formula is C16H21N3O2. The average molecular weight is 287 g/mol. The molecule has 0 aliphatic heterocycles. The summed E-state index contributed by atoms with van der Waals surface area (Å²) in [6.45, 7) is 5.69. The van der Waals surface area contributed by atoms with Crippen LogP contribution in [0.3, 0.4) is 0 Å². The molecule has 0 saturated carbocycles. The molecule has 0 aliphatic carbocycles. The van der Waals surface area contributed by atoms with Gasteiger partial charge < -0.3 is 15.4 Å². The van der Waals surface area contributed by atoms with Gasteiger partial charge in [0.1, 0.15) is 17.6 Å². The van der Waals surface area contributed by atoms with Crippen LogP contribution in [0.2, 0.25) is 0 Å². The summed E-state index contributed by atoms with van der Waals surface area (Å²) in [5, 5.41) is 7.94. The number of carbonyl (C=O) groups excluding carboxylic acids is 1. The molecule has 0 radical (unpaired) electrons. The van der Waals surface area contributed by atoms with Gasteiger partial charge in [-0.05, 0) is 32.9 Å². The maximum Gasteiger partial charge on any atom is 0.242 e. The summed E-state index contributed by atoms with van der Waals surface area (Å²) in [6, 6.07) is 7.42. The Hall–Kier alpha value is -2.30. The highest BCUT2D eigenvalue weighted by atomic mass is 16.5. The van der Waals surface area contributed by atoms with Crippen LogP contribution in [0.1, 0.15) is 20.8 Å². The van der Waals surface area contributed by atoms with E-state index in [1.807, 2.05) is 45.0 Å². The van der Waals surface area contributed by atoms with Gasteiger partial charge in [0.05, 0.1) is 7.11 Å². The second kappa shape index (κ2) is 6.43. The van der Waals surface area contributed by atoms with E-state index in [0.717, 1.165) is 16.5 Å². The molecule has 1 atom stereocenters. The van der Waals surface area contributed by atoms with Crippen molar-refractivity contribution in [3.8, 4) is 5.75 Å². The SMILES string of the molecule is COc1cccc2c(NC(C)C(=O)NC(C)C)nccc12. The second-order valence-corrected chi connectivity index (χ2v) is 5.24. The minimum atomic E-state index is -0.364. The van der Waals surface area contributed by atoms with Crippen LogP contribution in [-0.4, -0.2) is 30.1 Å². The van der Waals surface area contributed by atoms with E-state index in [2.05, 4.69) is 15.6 Å². The van der Waals surface area contributed by atoms with Crippen molar-refractivity contribution >= 4 is 22.5 Å². The summed E-state index contributed by atoms with van der Waals surface area (Å²) in [6.07, 6.45) is 1.71. The number of aromatic nitrogens is 1. The van der Waals surface area contributed by atoms with E-state index in [4.69, 9.17) is 4.74 Å². The maximum absolute atomic E-state index is 12.0. The fourth-order valence-corrected chi connectivity index (χ4v) is 2.15. The Kier molecular flexibility index (Phi) is 4.62. The molecule has 1 amide bonds. The van der Waals surface area contributed by atoms with Gasteiger partial charge in [-0.25, -0.2) is 4.98 Å². The summed E-state index contributed by atoms with van der Waals surface area (Å²) >= 11 is 0. The van der Waals surface area contributed by atoms with E-state index in [1.165, 1.54) is 0 Å². The number of benzene rings is 1. The lowest BCUT2D eigenvalue weighted by Crippen LogP contribution is -2.41. The highest BCUT2D eigenvalue weighted by Gasteiger charge is 2.15. The third-order valence-corrected chi connectivity index (χ3v) is 3.16. The molecule has 0 fully saturated rings. The molecule has 5 nitrogen and oxygen atoms in total. The zero-order valence-electron chi connectivity index (χ0n) is 12.8. The van der Waals surface area contributed by atoms with Gasteiger partial charge in [-0.1, -0.05) is 12.1 Å². The van der Waals surface area contributed by atoms with Crippen molar-refractivity contribution in [1.82, 2.24) is 10.3 Å². The number of pyridine rings is 1. The highest BCUT2D eigenvalue weighted by Crippen LogP contribution is 2.29. The number of anilines is 1. The number of rotatable bonds is 5. The van der Waals surface area contributed by atoms with Crippen molar-refractivity contribution in [1.29, 1.82) is 0 Å². The Bertz CT molecular complexity index is 640. The molecule has 0 bridgehead atoms. The van der Waals surface area contributed by atoms with Crippen LogP contribution in [0.4, 0.5) is 5.82 Å². The predicted octanol–water partition coefficient (Wildman–Crippen LogP) is 2.57. The van der Waals surface area contributed by atoms with Gasteiger partial charge >= 0.3 is 0 Å². The first-order chi connectivity index (χ1) is 10.0. The molecule has 1 aromatic heterocycles. The number of hydrogen-bond acceptors (Lipinski definition) is 4. The lowest BCUT2D eigenvalue weighted by Gasteiger charge is -2.17. The topological polar surface area (TPSA) is 63.2 Å². The van der Waals surface area contributed by atoms with Crippen molar-refractivity contribution in [3.05, 3.63) is 30.5 Å². The predicted molar refractivity (Wildman–Crippen MR) is 84.7 cm³/mol. The van der Waals surface area contributed by atoms with Crippen molar-refractivity contribution in [2.45, 2.75) is 32.9 Å². The Morgan fingerprint density at radius 2 is 1.95 bits per heavy atom. The maximum atomic E-state index is 12.0. The van der Waals surface area contributed by atoms with Gasteiger partial charge in [0.15, 0.2) is 0 Å². The number of carbonyl (C=O) groups is 1. The van der Waals surface area contributed by atoms with Crippen LogP contribution in [0.15, 0.2) is 30.5 Å². The number of methoxy groups -OCH3 is 1. The first-order valence-electron chi connectivity index (χ1n) is 7.01. The van der Waals surface area contributed by atoms with Gasteiger partial charge in [0, 0.05) is 23.0 Å². The van der Waals surface area contributed by atoms with Gasteiger partial charge in [-0.15, -0.1) is 0 Å². The smallest absolute Gasteiger partial charge is 0.242 e. The van der Waals surface area contributed by atoms with E-state index in [0.29, 0.717) is 5.82 Å². The van der Waals surface area contributed by atoms with Crippen LogP contribution in [0.5, 0.6) is 5.75 Å². The Labute approximate surface area is 124 Å². The average Bonchev–Trinajstić information content (AvgIpc) is 2.46. The molecule has 2 rings (SSSR count). The quantitative estimate of drug-likeness (QED) is 0.887. The van der Waals surface area contributed by atoms with Crippen molar-refractivity contribution in [2.75, 3.05) is 12.4 Å². The fraction of sp³-hybridized carbons (Fsp3) is 0.375. The normalized spacial score (nSPS) is 12.2. The Balaban J connectivity index is 2.28. The first-order valence-corrected chi connectivity index (χ1v) is 7.01. The van der Waals surface area contributed by atoms with Crippen LogP contribution >= 0.6 is 0 Å². The number of hydrogen-bond donors (Lipinski definition) is 2. The molecular weight excluding hydrogens is 266 g/mol. The van der Waals surface area contributed by atoms with Gasteiger partial charge in [-0.2, -0.15) is 0 Å². The van der Waals surface area contributed by atoms with E-state index in [-0.39, 0.29) is 18.0 Å². The number of nitrogens with zero attached hydrogens (tertiary/aromatic N) is 1. The summed E-state index contributed by atoms with van der Waals surface area (Å²) in [5.74, 6) is 1.42. The highest BCUT2D eigenvalue weighted by molar-refractivity contribution is 5.97. The molecule has 1 heterocycles. The van der Waals surface area contributed by atoms with Crippen LogP contribution in [0, 0.1) is 0 Å². The number of amides is 1. The molecule has 0 aliphatic rings. The monoisotopic (exact) mass is 287 g/mol. The third-order valence-electron chi connectivity index (χ3n) is 3.16. The van der Waals surface area contributed by atoms with Crippen LogP contribution < -0.4 is 15.4 Å². The Morgan fingerprint density at radius 1 is 1.19 bits per heavy atom. The summed E-state index contributed by atoms with van der Waals surface area (Å²) in [4.78, 5) is 16.3. The van der Waals surface area contributed by atoms with Crippen molar-refractivity contribution in [2.24, 2.45) is 0 Å². The first kappa shape index (κ1) is 15.1. The molecule has 1 unspecified atom stereocenters. The zero-order chi connectivity index (χ0) is 15.4. The molecule has 112 valence electrons. The number of fused-ring (bicyclic) bond motifs is 1. The van der Waals surface area contributed by atoms with Gasteiger partial charge in [0.25, 0.3) is 0 Å². The van der Waals surface area contributed by atoms with Crippen molar-refractivity contribution in [3.63, 3.8) is 0 Å². The second-order valence-electron chi connectivity index (χ2n) is 5.24. The minimum absolute atomic E-state index is 0.0494. The standard InChI is InChI=1S/C16H21N3O2/c1-10(2)18-16(20)11(3)19-15-13-6-5-7-14(21-4)12(13)8-9-17-15/h5-11H,1-4H3,(H,17,19)(H,18,20). The lowest BCUT2D eigenvalue weighted by molar-refractivity contribution is -0.122. The van der Waals surface area contributed by atoms with Crippen LogP contribution in [0.25, 0.3) is 10.8 Å². The molecule has 1 aromatic carbocycles. The molecule has 2 N–H and O–H groups in total. The van der Waals surface area contributed by atoms with Gasteiger partial charge in [0.2, 0.25) is 5.91 Å². The zero-order valence-corrected chi connectivity index (χ0v) is 12.8. The minimum Gasteiger partial charge on any atom is -0.496 e. The summed E-state index contributed by atoms with van der Waals surface area (Å²) in [7, 11) is 1.64. The largest absolute Gasteiger partial charge is 0.496 e. The molecule has 5 heteroatoms. The van der Waals surface area contributed by atoms with E-state index in [1.54, 1.807) is 13.3 Å². The summed E-state index contributed by atoms with van der Waals surface area (Å²) < 4.78 is 5.35. The fourth-order valence-electron chi connectivity index (χ4n) is 2.15. The van der Waals surface area contributed by atoms with E-state index >= 15 is 0 Å².